The maximum atomic E-state index is 13.5. The molecular weight excluding hydrogens is 248 g/mol. The number of rotatable bonds is 3. The molecule has 1 aliphatic rings. The third-order valence-electron chi connectivity index (χ3n) is 3.17. The lowest BCUT2D eigenvalue weighted by molar-refractivity contribution is 0.357. The van der Waals surface area contributed by atoms with E-state index in [1.54, 1.807) is 0 Å². The standard InChI is InChI=1S/C15H13F2NO/c16-12-2-3-14(13(17)8-12)18-9-10-1-4-15-11(7-10)5-6-19-15/h1-4,7-8,18H,5-6,9H2. The smallest absolute Gasteiger partial charge is 0.149 e. The topological polar surface area (TPSA) is 21.3 Å². The average Bonchev–Trinajstić information content (AvgIpc) is 2.85. The van der Waals surface area contributed by atoms with Crippen molar-refractivity contribution in [1.29, 1.82) is 0 Å². The van der Waals surface area contributed by atoms with E-state index in [9.17, 15) is 8.78 Å². The van der Waals surface area contributed by atoms with E-state index >= 15 is 0 Å². The Kier molecular flexibility index (Phi) is 3.07. The van der Waals surface area contributed by atoms with Crippen molar-refractivity contribution in [1.82, 2.24) is 0 Å². The highest BCUT2D eigenvalue weighted by Crippen LogP contribution is 2.26. The lowest BCUT2D eigenvalue weighted by Gasteiger charge is -2.08. The molecule has 0 fully saturated rings. The summed E-state index contributed by atoms with van der Waals surface area (Å²) in [6.07, 6.45) is 0.911. The fraction of sp³-hybridized carbons (Fsp3) is 0.200. The van der Waals surface area contributed by atoms with E-state index in [1.165, 1.54) is 17.7 Å². The normalized spacial score (nSPS) is 12.9. The second kappa shape index (κ2) is 4.88. The SMILES string of the molecule is Fc1ccc(NCc2ccc3c(c2)CCO3)c(F)c1. The highest BCUT2D eigenvalue weighted by atomic mass is 19.1. The summed E-state index contributed by atoms with van der Waals surface area (Å²) < 4.78 is 31.7. The van der Waals surface area contributed by atoms with Gasteiger partial charge in [-0.05, 0) is 29.3 Å². The summed E-state index contributed by atoms with van der Waals surface area (Å²) in [5.41, 5.74) is 2.53. The van der Waals surface area contributed by atoms with Gasteiger partial charge < -0.3 is 10.1 Å². The van der Waals surface area contributed by atoms with E-state index in [0.29, 0.717) is 12.2 Å². The van der Waals surface area contributed by atoms with Gasteiger partial charge in [-0.25, -0.2) is 8.78 Å². The minimum absolute atomic E-state index is 0.304. The van der Waals surface area contributed by atoms with Crippen molar-refractivity contribution in [3.8, 4) is 5.75 Å². The van der Waals surface area contributed by atoms with Gasteiger partial charge in [-0.1, -0.05) is 12.1 Å². The maximum absolute atomic E-state index is 13.5. The molecule has 2 aromatic rings. The average molecular weight is 261 g/mol. The van der Waals surface area contributed by atoms with Gasteiger partial charge >= 0.3 is 0 Å². The molecule has 0 saturated heterocycles. The first kappa shape index (κ1) is 12.0. The summed E-state index contributed by atoms with van der Waals surface area (Å²) in [6.45, 7) is 1.22. The van der Waals surface area contributed by atoms with E-state index in [1.807, 2.05) is 12.1 Å². The van der Waals surface area contributed by atoms with Gasteiger partial charge in [0.2, 0.25) is 0 Å². The molecule has 1 N–H and O–H groups in total. The zero-order chi connectivity index (χ0) is 13.2. The van der Waals surface area contributed by atoms with E-state index in [-0.39, 0.29) is 0 Å². The quantitative estimate of drug-likeness (QED) is 0.912. The fourth-order valence-corrected chi connectivity index (χ4v) is 2.18. The maximum Gasteiger partial charge on any atom is 0.149 e. The van der Waals surface area contributed by atoms with E-state index < -0.39 is 11.6 Å². The van der Waals surface area contributed by atoms with Crippen LogP contribution in [0.25, 0.3) is 0 Å². The molecule has 19 heavy (non-hydrogen) atoms. The molecule has 0 aliphatic carbocycles. The van der Waals surface area contributed by atoms with Crippen LogP contribution in [0.5, 0.6) is 5.75 Å². The molecule has 1 aliphatic heterocycles. The Morgan fingerprint density at radius 1 is 1.11 bits per heavy atom. The van der Waals surface area contributed by atoms with Crippen LogP contribution >= 0.6 is 0 Å². The summed E-state index contributed by atoms with van der Waals surface area (Å²) >= 11 is 0. The van der Waals surface area contributed by atoms with E-state index in [4.69, 9.17) is 4.74 Å². The summed E-state index contributed by atoms with van der Waals surface area (Å²) in [7, 11) is 0. The van der Waals surface area contributed by atoms with Gasteiger partial charge in [-0.3, -0.25) is 0 Å². The molecule has 4 heteroatoms. The lowest BCUT2D eigenvalue weighted by Crippen LogP contribution is -2.02. The van der Waals surface area contributed by atoms with Gasteiger partial charge in [0.05, 0.1) is 12.3 Å². The van der Waals surface area contributed by atoms with Crippen LogP contribution < -0.4 is 10.1 Å². The first-order valence-corrected chi connectivity index (χ1v) is 6.16. The van der Waals surface area contributed by atoms with Crippen molar-refractivity contribution in [3.05, 3.63) is 59.2 Å². The third-order valence-corrected chi connectivity index (χ3v) is 3.17. The largest absolute Gasteiger partial charge is 0.493 e. The summed E-state index contributed by atoms with van der Waals surface area (Å²) in [4.78, 5) is 0. The highest BCUT2D eigenvalue weighted by Gasteiger charge is 2.12. The van der Waals surface area contributed by atoms with E-state index in [0.717, 1.165) is 30.4 Å². The Labute approximate surface area is 110 Å². The van der Waals surface area contributed by atoms with Gasteiger partial charge in [0.1, 0.15) is 17.4 Å². The van der Waals surface area contributed by atoms with Gasteiger partial charge in [0.15, 0.2) is 0 Å². The van der Waals surface area contributed by atoms with Crippen molar-refractivity contribution < 1.29 is 13.5 Å². The first-order chi connectivity index (χ1) is 9.22. The van der Waals surface area contributed by atoms with Crippen molar-refractivity contribution >= 4 is 5.69 Å². The van der Waals surface area contributed by atoms with Crippen LogP contribution in [-0.4, -0.2) is 6.61 Å². The number of anilines is 1. The molecule has 98 valence electrons. The van der Waals surface area contributed by atoms with Crippen LogP contribution in [0.4, 0.5) is 14.5 Å². The Bertz CT molecular complexity index is 613. The van der Waals surface area contributed by atoms with Gasteiger partial charge in [0.25, 0.3) is 0 Å². The number of hydrogen-bond donors (Lipinski definition) is 1. The highest BCUT2D eigenvalue weighted by molar-refractivity contribution is 5.46. The molecule has 1 heterocycles. The number of halogens is 2. The Balaban J connectivity index is 1.72. The Hall–Kier alpha value is -2.10. The predicted octanol–water partition coefficient (Wildman–Crippen LogP) is 3.51. The van der Waals surface area contributed by atoms with Crippen LogP contribution in [0.15, 0.2) is 36.4 Å². The fourth-order valence-electron chi connectivity index (χ4n) is 2.18. The van der Waals surface area contributed by atoms with Gasteiger partial charge in [-0.2, -0.15) is 0 Å². The molecule has 0 saturated carbocycles. The summed E-state index contributed by atoms with van der Waals surface area (Å²) in [5.74, 6) is -0.223. The zero-order valence-electron chi connectivity index (χ0n) is 10.2. The molecule has 0 atom stereocenters. The van der Waals surface area contributed by atoms with Crippen molar-refractivity contribution in [2.75, 3.05) is 11.9 Å². The second-order valence-electron chi connectivity index (χ2n) is 4.52. The predicted molar refractivity (Wildman–Crippen MR) is 69.3 cm³/mol. The Morgan fingerprint density at radius 2 is 2.00 bits per heavy atom. The zero-order valence-corrected chi connectivity index (χ0v) is 10.2. The Morgan fingerprint density at radius 3 is 2.84 bits per heavy atom. The monoisotopic (exact) mass is 261 g/mol. The number of hydrogen-bond acceptors (Lipinski definition) is 2. The van der Waals surface area contributed by atoms with E-state index in [2.05, 4.69) is 11.4 Å². The minimum Gasteiger partial charge on any atom is -0.493 e. The number of nitrogens with one attached hydrogen (secondary N) is 1. The molecule has 0 spiro atoms. The molecule has 3 rings (SSSR count). The van der Waals surface area contributed by atoms with Crippen LogP contribution in [0, 0.1) is 11.6 Å². The van der Waals surface area contributed by atoms with Gasteiger partial charge in [0, 0.05) is 19.0 Å². The molecule has 0 unspecified atom stereocenters. The van der Waals surface area contributed by atoms with Crippen LogP contribution in [0.2, 0.25) is 0 Å². The molecule has 0 amide bonds. The number of benzene rings is 2. The van der Waals surface area contributed by atoms with Crippen LogP contribution in [-0.2, 0) is 13.0 Å². The van der Waals surface area contributed by atoms with Crippen molar-refractivity contribution in [2.24, 2.45) is 0 Å². The van der Waals surface area contributed by atoms with Crippen LogP contribution in [0.3, 0.4) is 0 Å². The number of fused-ring (bicyclic) bond motifs is 1. The summed E-state index contributed by atoms with van der Waals surface area (Å²) in [6, 6.07) is 9.44. The molecule has 2 aromatic carbocycles. The van der Waals surface area contributed by atoms with Crippen molar-refractivity contribution in [3.63, 3.8) is 0 Å². The van der Waals surface area contributed by atoms with Crippen LogP contribution in [0.1, 0.15) is 11.1 Å². The molecule has 0 bridgehead atoms. The first-order valence-electron chi connectivity index (χ1n) is 6.16. The summed E-state index contributed by atoms with van der Waals surface area (Å²) in [5, 5.41) is 2.97. The number of ether oxygens (including phenoxy) is 1. The third kappa shape index (κ3) is 2.52. The van der Waals surface area contributed by atoms with Crippen molar-refractivity contribution in [2.45, 2.75) is 13.0 Å². The molecule has 0 radical (unpaired) electrons. The molecular formula is C15H13F2NO. The second-order valence-corrected chi connectivity index (χ2v) is 4.52. The minimum atomic E-state index is -0.579. The molecule has 0 aromatic heterocycles. The molecule has 2 nitrogen and oxygen atoms in total. The van der Waals surface area contributed by atoms with Gasteiger partial charge in [-0.15, -0.1) is 0 Å². The lowest BCUT2D eigenvalue weighted by atomic mass is 10.1.